The van der Waals surface area contributed by atoms with Crippen LogP contribution in [0.4, 0.5) is 14.3 Å². The van der Waals surface area contributed by atoms with E-state index >= 15 is 0 Å². The van der Waals surface area contributed by atoms with Gasteiger partial charge in [-0.2, -0.15) is 0 Å². The average molecular weight is 925 g/mol. The molecule has 0 radical (unpaired) electrons. The number of alkyl carbamates (subject to hydrolysis) is 1. The number of pyridine rings is 1. The van der Waals surface area contributed by atoms with E-state index in [1.807, 2.05) is 25.3 Å². The number of fused-ring (bicyclic) bond motifs is 1. The zero-order chi connectivity index (χ0) is 45.4. The fourth-order valence-electron chi connectivity index (χ4n) is 8.44. The summed E-state index contributed by atoms with van der Waals surface area (Å²) < 4.78 is 47.3. The molecule has 0 spiro atoms. The number of hydrogen-bond acceptors (Lipinski definition) is 11. The van der Waals surface area contributed by atoms with E-state index in [2.05, 4.69) is 22.5 Å². The van der Waals surface area contributed by atoms with Gasteiger partial charge in [0.2, 0.25) is 19.2 Å². The number of benzene rings is 2. The van der Waals surface area contributed by atoms with Crippen LogP contribution in [-0.2, 0) is 25.1 Å². The monoisotopic (exact) mass is 924 g/mol. The number of hydrogen-bond donors (Lipinski definition) is 4. The third-order valence-electron chi connectivity index (χ3n) is 11.9. The number of carbonyl (C=O) groups excluding carboxylic acids is 3. The van der Waals surface area contributed by atoms with E-state index in [-0.39, 0.29) is 42.1 Å². The molecule has 14 nitrogen and oxygen atoms in total. The van der Waals surface area contributed by atoms with Crippen LogP contribution >= 0.6 is 30.3 Å². The molecule has 3 amide bonds. The van der Waals surface area contributed by atoms with E-state index in [1.165, 1.54) is 34.4 Å². The van der Waals surface area contributed by atoms with Crippen molar-refractivity contribution in [1.82, 2.24) is 25.5 Å². The third-order valence-corrected chi connectivity index (χ3v) is 15.7. The van der Waals surface area contributed by atoms with Crippen molar-refractivity contribution in [2.45, 2.75) is 115 Å². The zero-order valence-corrected chi connectivity index (χ0v) is 38.7. The lowest BCUT2D eigenvalue weighted by Crippen LogP contribution is -2.58. The lowest BCUT2D eigenvalue weighted by Gasteiger charge is -2.36. The number of ether oxygens (including phenoxy) is 3. The van der Waals surface area contributed by atoms with Crippen molar-refractivity contribution in [1.29, 1.82) is 0 Å². The molecule has 4 N–H and O–H groups in total. The fraction of sp³-hybridized carbons (Fsp3) is 0.489. The maximum Gasteiger partial charge on any atom is 0.408 e. The first-order chi connectivity index (χ1) is 29.8. The highest BCUT2D eigenvalue weighted by atomic mass is 35.5. The number of methoxy groups -OCH3 is 1. The second kappa shape index (κ2) is 18.4. The summed E-state index contributed by atoms with van der Waals surface area (Å²) in [7, 11) is -2.90. The fourth-order valence-corrected chi connectivity index (χ4v) is 12.0. The smallest absolute Gasteiger partial charge is 0.408 e. The van der Waals surface area contributed by atoms with Crippen molar-refractivity contribution >= 4 is 64.2 Å². The minimum atomic E-state index is -4.46. The van der Waals surface area contributed by atoms with Crippen LogP contribution < -0.4 is 25.4 Å². The lowest BCUT2D eigenvalue weighted by molar-refractivity contribution is -0.142. The van der Waals surface area contributed by atoms with E-state index in [0.717, 1.165) is 36.9 Å². The van der Waals surface area contributed by atoms with E-state index in [0.29, 0.717) is 33.8 Å². The Bertz CT molecular complexity index is 2420. The van der Waals surface area contributed by atoms with Crippen molar-refractivity contribution in [2.24, 2.45) is 11.3 Å². The van der Waals surface area contributed by atoms with Crippen molar-refractivity contribution < 1.29 is 42.4 Å². The number of carbonyl (C=O) groups is 3. The minimum Gasteiger partial charge on any atom is -0.497 e. The number of thiazole rings is 1. The molecule has 7 rings (SSSR count). The summed E-state index contributed by atoms with van der Waals surface area (Å²) in [5.74, 6) is -1.67. The molecule has 18 heteroatoms. The van der Waals surface area contributed by atoms with Gasteiger partial charge in [0.05, 0.1) is 31.0 Å². The zero-order valence-electron chi connectivity index (χ0n) is 36.3. The maximum atomic E-state index is 15.0. The van der Waals surface area contributed by atoms with Crippen molar-refractivity contribution in [3.8, 4) is 22.9 Å². The van der Waals surface area contributed by atoms with Gasteiger partial charge in [-0.25, -0.2) is 19.2 Å². The van der Waals surface area contributed by atoms with Crippen LogP contribution in [0.1, 0.15) is 78.7 Å². The van der Waals surface area contributed by atoms with Crippen LogP contribution in [0.5, 0.6) is 11.5 Å². The minimum absolute atomic E-state index is 0.0195. The average Bonchev–Trinajstić information content (AvgIpc) is 3.62. The number of nitrogens with zero attached hydrogens (tertiary/aromatic N) is 3. The number of aromatic nitrogens is 2. The van der Waals surface area contributed by atoms with Gasteiger partial charge in [0, 0.05) is 51.9 Å². The summed E-state index contributed by atoms with van der Waals surface area (Å²) in [5.41, 5.74) is 0.708. The summed E-state index contributed by atoms with van der Waals surface area (Å²) >= 11 is 7.73. The number of halogens is 2. The Labute approximate surface area is 375 Å². The van der Waals surface area contributed by atoms with Gasteiger partial charge in [0.25, 0.3) is 0 Å². The Balaban J connectivity index is 1.23. The lowest BCUT2D eigenvalue weighted by atomic mass is 9.85. The number of anilines is 1. The standard InChI is InChI=1S/C45H55ClFN6O8PS/c1-8-26-21-45(26,62(57,58)23-31-32(46)14-11-15-33(31)47)52-40(54)37-19-29(22-53(37)41(55)39(44(4,5)6)51-43(56)61-27-12-9-10-13-27)60-38-20-35(36-24-63-42(50-36)48-25(2)3)49-34-18-28(59-7)16-17-30(34)38/h8,11,14-18,20,24-27,29,37,39H,1,9-10,12-13,19,21-23H2,2-7H3,(H,48,50)(H,51,56)(H,52,54)(H,57,58)/t26-,29-,37+,39-,45+/m1/s1. The molecule has 6 atom stereocenters. The van der Waals surface area contributed by atoms with Crippen LogP contribution in [0.15, 0.2) is 60.5 Å². The maximum absolute atomic E-state index is 15.0. The number of likely N-dealkylation sites (tertiary alicyclic amines) is 1. The predicted molar refractivity (Wildman–Crippen MR) is 242 cm³/mol. The van der Waals surface area contributed by atoms with E-state index in [1.54, 1.807) is 46.1 Å². The third kappa shape index (κ3) is 9.99. The van der Waals surface area contributed by atoms with Crippen molar-refractivity contribution in [2.75, 3.05) is 19.0 Å². The first-order valence-corrected chi connectivity index (χ1v) is 24.3. The highest BCUT2D eigenvalue weighted by molar-refractivity contribution is 7.59. The highest BCUT2D eigenvalue weighted by Gasteiger charge is 2.66. The van der Waals surface area contributed by atoms with Crippen LogP contribution in [0, 0.1) is 17.2 Å². The molecule has 1 unspecified atom stereocenters. The predicted octanol–water partition coefficient (Wildman–Crippen LogP) is 8.90. The number of amides is 3. The number of nitrogens with one attached hydrogen (secondary N) is 3. The molecule has 3 aliphatic rings. The van der Waals surface area contributed by atoms with Crippen LogP contribution in [-0.4, -0.2) is 86.9 Å². The summed E-state index contributed by atoms with van der Waals surface area (Å²) in [6.45, 7) is 13.2. The normalized spacial score (nSPS) is 22.6. The molecule has 1 saturated heterocycles. The Morgan fingerprint density at radius 1 is 1.13 bits per heavy atom. The van der Waals surface area contributed by atoms with Gasteiger partial charge >= 0.3 is 6.09 Å². The Kier molecular flexibility index (Phi) is 13.5. The summed E-state index contributed by atoms with van der Waals surface area (Å²) in [5, 5.41) is 10.5. The molecule has 2 saturated carbocycles. The molecule has 2 aromatic carbocycles. The summed E-state index contributed by atoms with van der Waals surface area (Å²) in [4.78, 5) is 65.7. The molecule has 3 fully saturated rings. The van der Waals surface area contributed by atoms with Gasteiger partial charge in [-0.15, -0.1) is 17.9 Å². The van der Waals surface area contributed by atoms with Gasteiger partial charge in [-0.05, 0) is 75.6 Å². The molecule has 2 aliphatic carbocycles. The Hall–Kier alpha value is -4.76. The first kappa shape index (κ1) is 46.2. The Morgan fingerprint density at radius 2 is 1.87 bits per heavy atom. The quantitative estimate of drug-likeness (QED) is 0.0661. The molecule has 3 heterocycles. The summed E-state index contributed by atoms with van der Waals surface area (Å²) in [6, 6.07) is 8.92. The summed E-state index contributed by atoms with van der Waals surface area (Å²) in [6.07, 6.45) is 2.44. The highest BCUT2D eigenvalue weighted by Crippen LogP contribution is 2.71. The molecule has 1 aliphatic heterocycles. The second-order valence-electron chi connectivity index (χ2n) is 18.0. The topological polar surface area (TPSA) is 181 Å². The molecule has 4 aromatic rings. The second-order valence-corrected chi connectivity index (χ2v) is 21.8. The van der Waals surface area contributed by atoms with E-state index in [4.69, 9.17) is 35.8 Å². The molecule has 338 valence electrons. The first-order valence-electron chi connectivity index (χ1n) is 21.2. The largest absolute Gasteiger partial charge is 0.497 e. The van der Waals surface area contributed by atoms with Gasteiger partial charge in [-0.1, -0.05) is 44.5 Å². The molecular weight excluding hydrogens is 870 g/mol. The van der Waals surface area contributed by atoms with Crippen LogP contribution in [0.2, 0.25) is 5.02 Å². The Morgan fingerprint density at radius 3 is 2.52 bits per heavy atom. The van der Waals surface area contributed by atoms with E-state index < -0.39 is 72.1 Å². The molecule has 63 heavy (non-hydrogen) atoms. The number of rotatable bonds is 15. The van der Waals surface area contributed by atoms with Crippen molar-refractivity contribution in [3.63, 3.8) is 0 Å². The van der Waals surface area contributed by atoms with Gasteiger partial charge in [0.1, 0.15) is 52.6 Å². The molecule has 2 aromatic heterocycles. The van der Waals surface area contributed by atoms with Crippen LogP contribution in [0.25, 0.3) is 22.3 Å². The van der Waals surface area contributed by atoms with Gasteiger partial charge in [0.15, 0.2) is 5.13 Å². The molecular formula is C45H55ClFN6O8PS. The van der Waals surface area contributed by atoms with Crippen molar-refractivity contribution in [3.05, 3.63) is 76.9 Å². The van der Waals surface area contributed by atoms with Gasteiger partial charge in [-0.3, -0.25) is 14.2 Å². The van der Waals surface area contributed by atoms with E-state index in [9.17, 15) is 28.2 Å². The van der Waals surface area contributed by atoms with Crippen LogP contribution in [0.3, 0.4) is 0 Å². The molecule has 0 bridgehead atoms. The van der Waals surface area contributed by atoms with Gasteiger partial charge < -0.3 is 40.0 Å². The SMILES string of the molecule is C=C[C@@H]1C[C@]1(NC(=O)[C@@H]1C[C@@H](Oc2cc(-c3csc(NC(C)C)n3)nc3cc(OC)ccc23)CN1C(=O)[C@@H](NC(=O)OC1CCCC1)C(C)(C)C)P(=O)(O)Cc1c(F)cccc1Cl.